The van der Waals surface area contributed by atoms with Gasteiger partial charge in [-0.2, -0.15) is 0 Å². The van der Waals surface area contributed by atoms with Crippen LogP contribution in [0.4, 0.5) is 0 Å². The van der Waals surface area contributed by atoms with E-state index >= 15 is 0 Å². The molecule has 5 heteroatoms. The van der Waals surface area contributed by atoms with E-state index in [1.165, 1.54) is 0 Å². The summed E-state index contributed by atoms with van der Waals surface area (Å²) in [5, 5.41) is 20.1. The first kappa shape index (κ1) is 19.3. The van der Waals surface area contributed by atoms with Gasteiger partial charge in [0, 0.05) is 45.3 Å². The van der Waals surface area contributed by atoms with Gasteiger partial charge in [0.05, 0.1) is 12.2 Å². The van der Waals surface area contributed by atoms with Gasteiger partial charge in [0.25, 0.3) is 0 Å². The molecule has 0 aliphatic heterocycles. The fraction of sp³-hybridized carbons (Fsp3) is 0.824. The van der Waals surface area contributed by atoms with Gasteiger partial charge in [-0.1, -0.05) is 25.8 Å². The maximum atomic E-state index is 10.8. The minimum Gasteiger partial charge on any atom is -0.393 e. The molecule has 2 N–H and O–H groups in total. The van der Waals surface area contributed by atoms with Crippen molar-refractivity contribution in [2.45, 2.75) is 63.4 Å². The predicted molar refractivity (Wildman–Crippen MR) is 84.3 cm³/mol. The summed E-state index contributed by atoms with van der Waals surface area (Å²) in [4.78, 5) is 10.8. The average molecular weight is 314 g/mol. The number of rotatable bonds is 10. The van der Waals surface area contributed by atoms with Crippen LogP contribution in [0.1, 0.15) is 45.4 Å². The number of aliphatic hydroxyl groups is 2. The number of unbranched alkanes of at least 4 members (excludes halogenated alkanes) is 2. The molecule has 0 radical (unpaired) electrons. The van der Waals surface area contributed by atoms with Crippen LogP contribution in [0.25, 0.3) is 0 Å². The number of ether oxygens (including phenoxy) is 2. The summed E-state index contributed by atoms with van der Waals surface area (Å²) in [6.07, 6.45) is 7.65. The number of aliphatic hydroxyl groups excluding tert-OH is 2. The second kappa shape index (κ2) is 9.40. The molecule has 0 saturated heterocycles. The van der Waals surface area contributed by atoms with Crippen molar-refractivity contribution in [2.24, 2.45) is 11.8 Å². The standard InChI is InChI=1S/C17H30O5/c1-4-5-6-9-17(21-2,22-3)10-7-13-14(8-11-18)16(20)12-15(13)19/h7,10-11,13-16,19-20H,4-6,8-9,12H2,1-3H3. The molecular formula is C17H30O5. The minimum atomic E-state index is -0.811. The first-order valence-electron chi connectivity index (χ1n) is 8.13. The first-order chi connectivity index (χ1) is 10.5. The Morgan fingerprint density at radius 3 is 2.41 bits per heavy atom. The summed E-state index contributed by atoms with van der Waals surface area (Å²) in [6, 6.07) is 0. The van der Waals surface area contributed by atoms with Crippen molar-refractivity contribution in [3.8, 4) is 0 Å². The summed E-state index contributed by atoms with van der Waals surface area (Å²) < 4.78 is 11.1. The lowest BCUT2D eigenvalue weighted by Crippen LogP contribution is -2.32. The molecule has 1 fully saturated rings. The monoisotopic (exact) mass is 314 g/mol. The second-order valence-electron chi connectivity index (χ2n) is 6.05. The van der Waals surface area contributed by atoms with Crippen LogP contribution < -0.4 is 0 Å². The van der Waals surface area contributed by atoms with E-state index in [0.29, 0.717) is 6.42 Å². The van der Waals surface area contributed by atoms with Crippen molar-refractivity contribution in [3.63, 3.8) is 0 Å². The quantitative estimate of drug-likeness (QED) is 0.279. The van der Waals surface area contributed by atoms with Gasteiger partial charge in [-0.25, -0.2) is 0 Å². The lowest BCUT2D eigenvalue weighted by atomic mass is 9.90. The van der Waals surface area contributed by atoms with Crippen LogP contribution in [-0.2, 0) is 14.3 Å². The smallest absolute Gasteiger partial charge is 0.187 e. The van der Waals surface area contributed by atoms with Gasteiger partial charge < -0.3 is 24.5 Å². The fourth-order valence-electron chi connectivity index (χ4n) is 3.20. The Labute approximate surface area is 133 Å². The number of methoxy groups -OCH3 is 2. The fourth-order valence-corrected chi connectivity index (χ4v) is 3.20. The molecular weight excluding hydrogens is 284 g/mol. The van der Waals surface area contributed by atoms with E-state index < -0.39 is 18.0 Å². The summed E-state index contributed by atoms with van der Waals surface area (Å²) in [5.74, 6) is -1.31. The van der Waals surface area contributed by atoms with E-state index in [1.807, 2.05) is 12.2 Å². The van der Waals surface area contributed by atoms with Gasteiger partial charge in [-0.15, -0.1) is 0 Å². The van der Waals surface area contributed by atoms with E-state index in [-0.39, 0.29) is 18.3 Å². The Hall–Kier alpha value is -0.750. The largest absolute Gasteiger partial charge is 0.393 e. The third-order valence-electron chi connectivity index (χ3n) is 4.68. The highest BCUT2D eigenvalue weighted by Gasteiger charge is 2.40. The summed E-state index contributed by atoms with van der Waals surface area (Å²) in [7, 11) is 3.20. The van der Waals surface area contributed by atoms with E-state index in [4.69, 9.17) is 9.47 Å². The SMILES string of the molecule is CCCCCC(C=CC1C(O)CC(O)C1CC=O)(OC)OC. The van der Waals surface area contributed by atoms with Crippen LogP contribution in [0, 0.1) is 11.8 Å². The number of carbonyl (C=O) groups excluding carboxylic acids is 1. The molecule has 128 valence electrons. The molecule has 4 unspecified atom stereocenters. The van der Waals surface area contributed by atoms with Crippen LogP contribution >= 0.6 is 0 Å². The molecule has 0 aromatic heterocycles. The molecule has 0 amide bonds. The molecule has 4 atom stereocenters. The molecule has 0 aromatic rings. The Kier molecular flexibility index (Phi) is 8.25. The molecule has 0 aromatic carbocycles. The first-order valence-corrected chi connectivity index (χ1v) is 8.13. The van der Waals surface area contributed by atoms with Crippen molar-refractivity contribution in [1.29, 1.82) is 0 Å². The van der Waals surface area contributed by atoms with Gasteiger partial charge in [-0.3, -0.25) is 0 Å². The van der Waals surface area contributed by atoms with Crippen molar-refractivity contribution in [2.75, 3.05) is 14.2 Å². The molecule has 0 heterocycles. The predicted octanol–water partition coefficient (Wildman–Crippen LogP) is 2.06. The van der Waals surface area contributed by atoms with Crippen LogP contribution in [-0.4, -0.2) is 48.7 Å². The van der Waals surface area contributed by atoms with Crippen molar-refractivity contribution in [3.05, 3.63) is 12.2 Å². The zero-order valence-electron chi connectivity index (χ0n) is 13.9. The highest BCUT2D eigenvalue weighted by Crippen LogP contribution is 2.36. The average Bonchev–Trinajstić information content (AvgIpc) is 2.78. The number of hydrogen-bond acceptors (Lipinski definition) is 5. The zero-order valence-corrected chi connectivity index (χ0v) is 13.9. The maximum absolute atomic E-state index is 10.8. The van der Waals surface area contributed by atoms with Crippen molar-refractivity contribution >= 4 is 6.29 Å². The highest BCUT2D eigenvalue weighted by atomic mass is 16.7. The zero-order chi connectivity index (χ0) is 16.6. The van der Waals surface area contributed by atoms with Crippen molar-refractivity contribution in [1.82, 2.24) is 0 Å². The number of aldehydes is 1. The molecule has 0 spiro atoms. The molecule has 5 nitrogen and oxygen atoms in total. The summed E-state index contributed by atoms with van der Waals surface area (Å²) in [6.45, 7) is 2.14. The van der Waals surface area contributed by atoms with Gasteiger partial charge >= 0.3 is 0 Å². The van der Waals surface area contributed by atoms with Gasteiger partial charge in [0.1, 0.15) is 6.29 Å². The molecule has 1 aliphatic rings. The molecule has 1 aliphatic carbocycles. The minimum absolute atomic E-state index is 0.245. The Morgan fingerprint density at radius 2 is 1.86 bits per heavy atom. The van der Waals surface area contributed by atoms with Gasteiger partial charge in [-0.05, 0) is 12.5 Å². The third kappa shape index (κ3) is 4.88. The molecule has 0 bridgehead atoms. The van der Waals surface area contributed by atoms with Gasteiger partial charge in [0.15, 0.2) is 5.79 Å². The van der Waals surface area contributed by atoms with E-state index in [1.54, 1.807) is 14.2 Å². The van der Waals surface area contributed by atoms with E-state index in [2.05, 4.69) is 6.92 Å². The molecule has 22 heavy (non-hydrogen) atoms. The topological polar surface area (TPSA) is 76.0 Å². The lowest BCUT2D eigenvalue weighted by molar-refractivity contribution is -0.175. The third-order valence-corrected chi connectivity index (χ3v) is 4.68. The lowest BCUT2D eigenvalue weighted by Gasteiger charge is -2.29. The molecule has 1 saturated carbocycles. The number of carbonyl (C=O) groups is 1. The van der Waals surface area contributed by atoms with Crippen LogP contribution in [0.3, 0.4) is 0 Å². The van der Waals surface area contributed by atoms with Gasteiger partial charge in [0.2, 0.25) is 0 Å². The Bertz CT molecular complexity index is 351. The highest BCUT2D eigenvalue weighted by molar-refractivity contribution is 5.50. The Morgan fingerprint density at radius 1 is 1.18 bits per heavy atom. The van der Waals surface area contributed by atoms with Crippen LogP contribution in [0.5, 0.6) is 0 Å². The van der Waals surface area contributed by atoms with E-state index in [9.17, 15) is 15.0 Å². The molecule has 1 rings (SSSR count). The second-order valence-corrected chi connectivity index (χ2v) is 6.05. The maximum Gasteiger partial charge on any atom is 0.187 e. The number of hydrogen-bond donors (Lipinski definition) is 2. The summed E-state index contributed by atoms with van der Waals surface area (Å²) in [5.41, 5.74) is 0. The summed E-state index contributed by atoms with van der Waals surface area (Å²) >= 11 is 0. The van der Waals surface area contributed by atoms with Crippen LogP contribution in [0.2, 0.25) is 0 Å². The van der Waals surface area contributed by atoms with Crippen molar-refractivity contribution < 1.29 is 24.5 Å². The Balaban J connectivity index is 2.81. The van der Waals surface area contributed by atoms with E-state index in [0.717, 1.165) is 32.0 Å². The van der Waals surface area contributed by atoms with Crippen LogP contribution in [0.15, 0.2) is 12.2 Å². The normalized spacial score (nSPS) is 29.3.